The van der Waals surface area contributed by atoms with Crippen molar-refractivity contribution in [2.45, 2.75) is 56.9 Å². The zero-order valence-electron chi connectivity index (χ0n) is 29.9. The first-order chi connectivity index (χ1) is 26.8. The van der Waals surface area contributed by atoms with E-state index in [1.165, 1.54) is 0 Å². The Balaban J connectivity index is 1.15. The van der Waals surface area contributed by atoms with Gasteiger partial charge < -0.3 is 28.2 Å². The van der Waals surface area contributed by atoms with E-state index in [-0.39, 0.29) is 6.61 Å². The molecule has 1 aliphatic rings. The van der Waals surface area contributed by atoms with Gasteiger partial charge in [0.2, 0.25) is 5.82 Å². The molecule has 8 heteroatoms. The molecule has 1 fully saturated rings. The van der Waals surface area contributed by atoms with Gasteiger partial charge in [0.05, 0.1) is 33.0 Å². The van der Waals surface area contributed by atoms with E-state index in [1.54, 1.807) is 0 Å². The number of aromatic nitrogens is 2. The Labute approximate surface area is 315 Å². The quantitative estimate of drug-likeness (QED) is 0.104. The molecule has 1 saturated heterocycles. The van der Waals surface area contributed by atoms with Crippen molar-refractivity contribution < 1.29 is 28.2 Å². The number of fused-ring (bicyclic) bond motifs is 1. The molecule has 8 nitrogen and oxygen atoms in total. The predicted molar refractivity (Wildman–Crippen MR) is 206 cm³/mol. The molecule has 8 rings (SSSR count). The first-order valence-corrected chi connectivity index (χ1v) is 18.3. The third-order valence-corrected chi connectivity index (χ3v) is 9.58. The largest absolute Gasteiger partial charge is 0.374 e. The topological polar surface area (TPSA) is 85.1 Å². The average Bonchev–Trinajstić information content (AvgIpc) is 3.73. The summed E-state index contributed by atoms with van der Waals surface area (Å²) in [5.41, 5.74) is 4.95. The number of benzene rings is 6. The molecule has 1 aliphatic heterocycles. The molecule has 1 aromatic heterocycles. The van der Waals surface area contributed by atoms with Crippen LogP contribution in [0.1, 0.15) is 34.2 Å². The second-order valence-corrected chi connectivity index (χ2v) is 13.4. The van der Waals surface area contributed by atoms with E-state index >= 15 is 0 Å². The van der Waals surface area contributed by atoms with Crippen molar-refractivity contribution in [3.05, 3.63) is 192 Å². The lowest BCUT2D eigenvalue weighted by Crippen LogP contribution is -2.58. The summed E-state index contributed by atoms with van der Waals surface area (Å²) in [6.45, 7) is 1.64. The molecule has 2 heterocycles. The van der Waals surface area contributed by atoms with Gasteiger partial charge in [-0.1, -0.05) is 157 Å². The molecule has 0 unspecified atom stereocenters. The molecule has 0 amide bonds. The highest BCUT2D eigenvalue weighted by Gasteiger charge is 2.50. The van der Waals surface area contributed by atoms with Gasteiger partial charge >= 0.3 is 0 Å². The van der Waals surface area contributed by atoms with Crippen molar-refractivity contribution in [1.29, 1.82) is 0 Å². The van der Waals surface area contributed by atoms with E-state index < -0.39 is 30.5 Å². The van der Waals surface area contributed by atoms with E-state index in [4.69, 9.17) is 33.2 Å². The van der Waals surface area contributed by atoms with Crippen molar-refractivity contribution in [2.75, 3.05) is 6.61 Å². The molecule has 54 heavy (non-hydrogen) atoms. The maximum atomic E-state index is 6.97. The summed E-state index contributed by atoms with van der Waals surface area (Å²) in [6.07, 6.45) is -3.20. The number of hydrogen-bond acceptors (Lipinski definition) is 8. The first-order valence-electron chi connectivity index (χ1n) is 18.3. The van der Waals surface area contributed by atoms with Gasteiger partial charge in [-0.25, -0.2) is 0 Å². The van der Waals surface area contributed by atoms with Crippen molar-refractivity contribution in [2.24, 2.45) is 0 Å². The van der Waals surface area contributed by atoms with Crippen LogP contribution < -0.4 is 0 Å². The summed E-state index contributed by atoms with van der Waals surface area (Å²) >= 11 is 0. The highest BCUT2D eigenvalue weighted by Crippen LogP contribution is 2.38. The summed E-state index contributed by atoms with van der Waals surface area (Å²) in [6, 6.07) is 54.6. The van der Waals surface area contributed by atoms with Crippen LogP contribution in [0.25, 0.3) is 22.2 Å². The standard InChI is InChI=1S/C46H42N2O6/c1-5-15-33(16-6-1)28-49-32-40-41(50-29-34-17-7-2-8-18-34)42(51-30-35-19-9-3-10-20-35)43(52-31-36-21-11-4-12-22-36)44(53-40)45-47-46(54-48-45)39-26-25-37-23-13-14-24-38(37)27-39/h1-27,40-44H,28-32H2/t40-,41-,42+,43-,44-/m1/s1. The van der Waals surface area contributed by atoms with Gasteiger partial charge in [-0.15, -0.1) is 0 Å². The number of ether oxygens (including phenoxy) is 5. The Bertz CT molecular complexity index is 2180. The third kappa shape index (κ3) is 8.82. The van der Waals surface area contributed by atoms with E-state index in [0.29, 0.717) is 38.1 Å². The van der Waals surface area contributed by atoms with Crippen molar-refractivity contribution >= 4 is 10.8 Å². The summed E-state index contributed by atoms with van der Waals surface area (Å²) in [5.74, 6) is 0.751. The predicted octanol–water partition coefficient (Wildman–Crippen LogP) is 9.30. The van der Waals surface area contributed by atoms with Gasteiger partial charge in [-0.3, -0.25) is 0 Å². The van der Waals surface area contributed by atoms with Crippen LogP contribution >= 0.6 is 0 Å². The molecular weight excluding hydrogens is 677 g/mol. The van der Waals surface area contributed by atoms with E-state index in [2.05, 4.69) is 29.4 Å². The molecule has 0 bridgehead atoms. The number of hydrogen-bond donors (Lipinski definition) is 0. The average molecular weight is 719 g/mol. The molecule has 0 N–H and O–H groups in total. The number of nitrogens with zero attached hydrogens (tertiary/aromatic N) is 2. The molecule has 6 aromatic carbocycles. The zero-order valence-corrected chi connectivity index (χ0v) is 29.9. The van der Waals surface area contributed by atoms with Crippen LogP contribution in [0.5, 0.6) is 0 Å². The Kier molecular flexibility index (Phi) is 11.6. The molecule has 0 aliphatic carbocycles. The highest BCUT2D eigenvalue weighted by atomic mass is 16.6. The lowest BCUT2D eigenvalue weighted by Gasteiger charge is -2.45. The van der Waals surface area contributed by atoms with E-state index in [0.717, 1.165) is 38.6 Å². The smallest absolute Gasteiger partial charge is 0.258 e. The van der Waals surface area contributed by atoms with Crippen molar-refractivity contribution in [1.82, 2.24) is 10.1 Å². The van der Waals surface area contributed by atoms with Crippen molar-refractivity contribution in [3.8, 4) is 11.5 Å². The zero-order chi connectivity index (χ0) is 36.4. The molecule has 7 aromatic rings. The Hall–Kier alpha value is -5.48. The fourth-order valence-corrected chi connectivity index (χ4v) is 6.79. The lowest BCUT2D eigenvalue weighted by molar-refractivity contribution is -0.276. The Morgan fingerprint density at radius 1 is 0.481 bits per heavy atom. The third-order valence-electron chi connectivity index (χ3n) is 9.58. The lowest BCUT2D eigenvalue weighted by atomic mass is 9.93. The highest BCUT2D eigenvalue weighted by molar-refractivity contribution is 5.86. The molecule has 0 saturated carbocycles. The second-order valence-electron chi connectivity index (χ2n) is 13.4. The maximum absolute atomic E-state index is 6.97. The van der Waals surface area contributed by atoms with Gasteiger partial charge in [0.1, 0.15) is 30.5 Å². The van der Waals surface area contributed by atoms with Crippen LogP contribution in [-0.2, 0) is 50.1 Å². The molecular formula is C46H42N2O6. The van der Waals surface area contributed by atoms with Gasteiger partial charge in [-0.05, 0) is 45.2 Å². The second kappa shape index (κ2) is 17.6. The van der Waals surface area contributed by atoms with Crippen LogP contribution in [0.15, 0.2) is 168 Å². The molecule has 0 radical (unpaired) electrons. The van der Waals surface area contributed by atoms with Crippen LogP contribution in [0.3, 0.4) is 0 Å². The molecule has 0 spiro atoms. The minimum absolute atomic E-state index is 0.233. The van der Waals surface area contributed by atoms with Gasteiger partial charge in [-0.2, -0.15) is 4.98 Å². The monoisotopic (exact) mass is 718 g/mol. The van der Waals surface area contributed by atoms with Crippen molar-refractivity contribution in [3.63, 3.8) is 0 Å². The van der Waals surface area contributed by atoms with Gasteiger partial charge in [0, 0.05) is 5.56 Å². The summed E-state index contributed by atoms with van der Waals surface area (Å²) in [7, 11) is 0. The fourth-order valence-electron chi connectivity index (χ4n) is 6.79. The van der Waals surface area contributed by atoms with Crippen LogP contribution in [-0.4, -0.2) is 41.2 Å². The summed E-state index contributed by atoms with van der Waals surface area (Å²) in [5, 5.41) is 6.72. The van der Waals surface area contributed by atoms with Crippen LogP contribution in [0.2, 0.25) is 0 Å². The summed E-state index contributed by atoms with van der Waals surface area (Å²) < 4.78 is 39.8. The fraction of sp³-hybridized carbons (Fsp3) is 0.217. The minimum atomic E-state index is -0.769. The van der Waals surface area contributed by atoms with Gasteiger partial charge in [0.25, 0.3) is 5.89 Å². The Morgan fingerprint density at radius 3 is 1.57 bits per heavy atom. The minimum Gasteiger partial charge on any atom is -0.374 e. The van der Waals surface area contributed by atoms with E-state index in [1.807, 2.05) is 140 Å². The summed E-state index contributed by atoms with van der Waals surface area (Å²) in [4.78, 5) is 4.93. The maximum Gasteiger partial charge on any atom is 0.258 e. The van der Waals surface area contributed by atoms with Gasteiger partial charge in [0.15, 0.2) is 0 Å². The molecule has 5 atom stereocenters. The van der Waals surface area contributed by atoms with E-state index in [9.17, 15) is 0 Å². The Morgan fingerprint density at radius 2 is 0.981 bits per heavy atom. The first kappa shape index (κ1) is 35.5. The normalized spacial score (nSPS) is 19.9. The van der Waals surface area contributed by atoms with Crippen LogP contribution in [0.4, 0.5) is 0 Å². The van der Waals surface area contributed by atoms with Crippen LogP contribution in [0, 0.1) is 0 Å². The number of rotatable bonds is 15. The SMILES string of the molecule is c1ccc(COC[C@H]2O[C@@H](c3noc(-c4ccc5ccccc5c4)n3)[C@H](OCc3ccccc3)[C@@H](OCc3ccccc3)[C@@H]2OCc2ccccc2)cc1. The molecule has 272 valence electrons.